The van der Waals surface area contributed by atoms with Gasteiger partial charge in [0.2, 0.25) is 0 Å². The minimum Gasteiger partial charge on any atom is -0.449 e. The van der Waals surface area contributed by atoms with Gasteiger partial charge in [-0.15, -0.1) is 12.6 Å². The van der Waals surface area contributed by atoms with Gasteiger partial charge in [0.1, 0.15) is 0 Å². The van der Waals surface area contributed by atoms with Crippen LogP contribution in [0.5, 0.6) is 0 Å². The Kier molecular flexibility index (Phi) is 7.24. The van der Waals surface area contributed by atoms with Gasteiger partial charge in [0.15, 0.2) is 0 Å². The van der Waals surface area contributed by atoms with Crippen LogP contribution in [0.3, 0.4) is 0 Å². The van der Waals surface area contributed by atoms with Crippen molar-refractivity contribution in [3.05, 3.63) is 33.7 Å². The maximum Gasteiger partial charge on any atom is 1.00 e. The molecule has 1 rings (SSSR count). The van der Waals surface area contributed by atoms with Crippen LogP contribution >= 0.6 is 12.6 Å². The van der Waals surface area contributed by atoms with Gasteiger partial charge < -0.3 is 12.9 Å². The number of rotatable bonds is 3. The topological polar surface area (TPSA) is 48.8 Å². The van der Waals surface area contributed by atoms with Crippen LogP contribution in [0.25, 0.3) is 10.4 Å². The molecule has 0 amide bonds. The van der Waals surface area contributed by atoms with Crippen molar-refractivity contribution in [2.24, 2.45) is 5.11 Å². The van der Waals surface area contributed by atoms with Crippen molar-refractivity contribution in [1.29, 1.82) is 0 Å². The summed E-state index contributed by atoms with van der Waals surface area (Å²) in [6.07, 6.45) is -0.992. The van der Waals surface area contributed by atoms with Crippen molar-refractivity contribution < 1.29 is 64.3 Å². The number of thiol groups is 1. The molecule has 0 unspecified atom stereocenters. The van der Waals surface area contributed by atoms with E-state index in [-0.39, 0.29) is 62.6 Å². The van der Waals surface area contributed by atoms with Crippen LogP contribution < -0.4 is 51.4 Å². The molecule has 0 aliphatic rings. The van der Waals surface area contributed by atoms with E-state index >= 15 is 0 Å². The molecule has 0 spiro atoms. The van der Waals surface area contributed by atoms with E-state index < -0.39 is 13.3 Å². The predicted molar refractivity (Wildman–Crippen MR) is 60.0 cm³/mol. The fourth-order valence-corrected chi connectivity index (χ4v) is 1.59. The molecule has 17 heavy (non-hydrogen) atoms. The van der Waals surface area contributed by atoms with Gasteiger partial charge in [0.25, 0.3) is 0 Å². The van der Waals surface area contributed by atoms with E-state index in [0.29, 0.717) is 10.5 Å². The first-order valence-corrected chi connectivity index (χ1v) is 4.87. The Morgan fingerprint density at radius 2 is 2.00 bits per heavy atom. The molecule has 0 atom stereocenters. The van der Waals surface area contributed by atoms with Crippen molar-refractivity contribution in [2.75, 3.05) is 0 Å². The van der Waals surface area contributed by atoms with Crippen molar-refractivity contribution in [1.82, 2.24) is 0 Å². The molecule has 0 aliphatic carbocycles. The van der Waals surface area contributed by atoms with E-state index in [1.165, 1.54) is 12.1 Å². The second-order valence-electron chi connectivity index (χ2n) is 3.35. The summed E-state index contributed by atoms with van der Waals surface area (Å²) in [6.45, 7) is -3.36. The van der Waals surface area contributed by atoms with E-state index in [2.05, 4.69) is 22.7 Å². The van der Waals surface area contributed by atoms with Crippen LogP contribution in [0, 0.1) is 6.92 Å². The quantitative estimate of drug-likeness (QED) is 0.285. The molecule has 0 aliphatic heterocycles. The molecular weight excluding hydrogens is 277 g/mol. The predicted octanol–water partition coefficient (Wildman–Crippen LogP) is 1.16. The molecule has 0 fully saturated rings. The Bertz CT molecular complexity index is 460. The van der Waals surface area contributed by atoms with E-state index in [9.17, 15) is 12.9 Å². The third-order valence-corrected chi connectivity index (χ3v) is 2.55. The van der Waals surface area contributed by atoms with Crippen LogP contribution in [-0.2, 0) is 6.32 Å². The number of benzene rings is 1. The number of hydrogen-bond acceptors (Lipinski definition) is 2. The first kappa shape index (κ1) is 17.4. The fraction of sp³-hybridized carbons (Fsp3) is 0.250. The number of halogens is 3. The zero-order valence-electron chi connectivity index (χ0n) is 9.36. The largest absolute Gasteiger partial charge is 1.00 e. The Balaban J connectivity index is 0.00000256. The van der Waals surface area contributed by atoms with Crippen LogP contribution in [0.4, 0.5) is 18.6 Å². The molecule has 0 saturated heterocycles. The number of hydrogen-bond donors (Lipinski definition) is 1. The zero-order valence-corrected chi connectivity index (χ0v) is 13.4. The summed E-state index contributed by atoms with van der Waals surface area (Å²) in [5.74, 6) is 0. The molecule has 9 heteroatoms. The molecule has 3 nitrogen and oxygen atoms in total. The second-order valence-corrected chi connectivity index (χ2v) is 3.83. The standard InChI is InChI=1S/C8H8BF3N3S.K/c1-5-6(4-9(10,11)12)2-7(14-15-13)3-8(5)16;/h2-3,16H,4H2,1H3;/q-1;+1. The van der Waals surface area contributed by atoms with Gasteiger partial charge in [-0.1, -0.05) is 23.1 Å². The molecule has 0 aromatic heterocycles. The Labute approximate surface area is 145 Å². The van der Waals surface area contributed by atoms with E-state index in [1.54, 1.807) is 6.92 Å². The smallest absolute Gasteiger partial charge is 0.449 e. The maximum atomic E-state index is 12.3. The first-order chi connectivity index (χ1) is 7.33. The van der Waals surface area contributed by atoms with Gasteiger partial charge in [-0.25, -0.2) is 0 Å². The summed E-state index contributed by atoms with van der Waals surface area (Å²) in [6, 6.07) is 2.68. The molecule has 0 radical (unpaired) electrons. The van der Waals surface area contributed by atoms with Crippen molar-refractivity contribution in [3.63, 3.8) is 0 Å². The minimum atomic E-state index is -4.91. The van der Waals surface area contributed by atoms with Crippen molar-refractivity contribution in [3.8, 4) is 0 Å². The molecular formula is C8H8BF3KN3S. The van der Waals surface area contributed by atoms with E-state index in [4.69, 9.17) is 5.53 Å². The average molecular weight is 285 g/mol. The molecule has 1 aromatic carbocycles. The van der Waals surface area contributed by atoms with Crippen molar-refractivity contribution >= 4 is 25.3 Å². The van der Waals surface area contributed by atoms with Crippen LogP contribution in [-0.4, -0.2) is 6.98 Å². The van der Waals surface area contributed by atoms with Gasteiger partial charge in [-0.2, -0.15) is 0 Å². The number of azide groups is 1. The van der Waals surface area contributed by atoms with Crippen LogP contribution in [0.15, 0.2) is 22.1 Å². The average Bonchev–Trinajstić information content (AvgIpc) is 2.11. The van der Waals surface area contributed by atoms with Gasteiger partial charge in [-0.3, -0.25) is 0 Å². The SMILES string of the molecule is Cc1c(S)cc(N=[N+]=[N-])cc1C[B-](F)(F)F.[K+]. The summed E-state index contributed by atoms with van der Waals surface area (Å²) < 4.78 is 36.9. The Morgan fingerprint density at radius 1 is 1.41 bits per heavy atom. The van der Waals surface area contributed by atoms with Crippen LogP contribution in [0.1, 0.15) is 11.1 Å². The molecule has 1 aromatic rings. The molecule has 0 N–H and O–H groups in total. The third-order valence-electron chi connectivity index (χ3n) is 2.08. The van der Waals surface area contributed by atoms with Crippen LogP contribution in [0.2, 0.25) is 0 Å². The Morgan fingerprint density at radius 3 is 2.47 bits per heavy atom. The number of nitrogens with zero attached hydrogens (tertiary/aromatic N) is 3. The van der Waals surface area contributed by atoms with Gasteiger partial charge in [0, 0.05) is 15.5 Å². The normalized spacial score (nSPS) is 10.4. The molecule has 86 valence electrons. The summed E-state index contributed by atoms with van der Waals surface area (Å²) >= 11 is 4.04. The second kappa shape index (κ2) is 7.08. The van der Waals surface area contributed by atoms with Gasteiger partial charge >= 0.3 is 58.4 Å². The monoisotopic (exact) mass is 285 g/mol. The first-order valence-electron chi connectivity index (χ1n) is 4.42. The summed E-state index contributed by atoms with van der Waals surface area (Å²) in [5, 5.41) is 3.27. The fourth-order valence-electron chi connectivity index (χ4n) is 1.31. The van der Waals surface area contributed by atoms with Gasteiger partial charge in [-0.05, 0) is 24.1 Å². The summed E-state index contributed by atoms with van der Waals surface area (Å²) in [5.41, 5.74) is 8.92. The molecule has 0 bridgehead atoms. The summed E-state index contributed by atoms with van der Waals surface area (Å²) in [7, 11) is 0. The third kappa shape index (κ3) is 5.69. The molecule has 0 saturated carbocycles. The Hall–Kier alpha value is 0.371. The zero-order chi connectivity index (χ0) is 12.3. The maximum absolute atomic E-state index is 12.3. The minimum absolute atomic E-state index is 0. The summed E-state index contributed by atoms with van der Waals surface area (Å²) in [4.78, 5) is 2.92. The van der Waals surface area contributed by atoms with E-state index in [1.807, 2.05) is 0 Å². The van der Waals surface area contributed by atoms with Gasteiger partial charge in [0.05, 0.1) is 0 Å². The molecule has 0 heterocycles. The van der Waals surface area contributed by atoms with Crippen molar-refractivity contribution in [2.45, 2.75) is 18.1 Å². The van der Waals surface area contributed by atoms with E-state index in [0.717, 1.165) is 0 Å².